The second-order valence-corrected chi connectivity index (χ2v) is 5.06. The first-order valence-corrected chi connectivity index (χ1v) is 6.17. The van der Waals surface area contributed by atoms with E-state index < -0.39 is 0 Å². The lowest BCUT2D eigenvalue weighted by molar-refractivity contribution is 0.216. The molecule has 0 bridgehead atoms. The third-order valence-electron chi connectivity index (χ3n) is 3.54. The number of nitrogens with one attached hydrogen (secondary N) is 1. The van der Waals surface area contributed by atoms with Crippen molar-refractivity contribution in [3.05, 3.63) is 29.8 Å². The van der Waals surface area contributed by atoms with E-state index in [-0.39, 0.29) is 11.4 Å². The second kappa shape index (κ2) is 4.88. The Kier molecular flexibility index (Phi) is 3.45. The summed E-state index contributed by atoms with van der Waals surface area (Å²) in [6.07, 6.45) is 2.26. The van der Waals surface area contributed by atoms with Gasteiger partial charge in [0, 0.05) is 26.1 Å². The molecule has 1 aliphatic carbocycles. The van der Waals surface area contributed by atoms with Gasteiger partial charge in [-0.1, -0.05) is 12.1 Å². The third kappa shape index (κ3) is 2.58. The lowest BCUT2D eigenvalue weighted by Crippen LogP contribution is -2.39. The van der Waals surface area contributed by atoms with Crippen LogP contribution >= 0.6 is 0 Å². The van der Waals surface area contributed by atoms with E-state index in [1.54, 1.807) is 26.1 Å². The van der Waals surface area contributed by atoms with E-state index in [2.05, 4.69) is 17.4 Å². The Morgan fingerprint density at radius 1 is 1.33 bits per heavy atom. The molecule has 0 spiro atoms. The smallest absolute Gasteiger partial charge is 0.316 e. The Bertz CT molecular complexity index is 422. The first kappa shape index (κ1) is 12.7. The number of amides is 2. The maximum atomic E-state index is 11.5. The predicted octanol–water partition coefficient (Wildman–Crippen LogP) is 2.00. The van der Waals surface area contributed by atoms with Crippen molar-refractivity contribution in [1.29, 1.82) is 0 Å². The summed E-state index contributed by atoms with van der Waals surface area (Å²) in [5.74, 6) is 0.867. The minimum absolute atomic E-state index is 0.0326. The molecular formula is C14H20N2O2. The van der Waals surface area contributed by atoms with Gasteiger partial charge in [-0.25, -0.2) is 4.79 Å². The normalized spacial score (nSPS) is 15.9. The summed E-state index contributed by atoms with van der Waals surface area (Å²) < 4.78 is 5.16. The molecule has 0 unspecified atom stereocenters. The van der Waals surface area contributed by atoms with E-state index in [1.807, 2.05) is 12.1 Å². The molecule has 0 atom stereocenters. The van der Waals surface area contributed by atoms with Gasteiger partial charge in [0.1, 0.15) is 5.75 Å². The number of methoxy groups -OCH3 is 1. The summed E-state index contributed by atoms with van der Waals surface area (Å²) in [5, 5.41) is 2.97. The SMILES string of the molecule is COc1ccc(C2(CNC(=O)N(C)C)CC2)cc1. The van der Waals surface area contributed by atoms with Crippen LogP contribution in [-0.2, 0) is 5.41 Å². The fraction of sp³-hybridized carbons (Fsp3) is 0.500. The predicted molar refractivity (Wildman–Crippen MR) is 71.0 cm³/mol. The Morgan fingerprint density at radius 2 is 1.94 bits per heavy atom. The van der Waals surface area contributed by atoms with Gasteiger partial charge in [-0.05, 0) is 30.5 Å². The highest BCUT2D eigenvalue weighted by Crippen LogP contribution is 2.47. The number of hydrogen-bond donors (Lipinski definition) is 1. The molecule has 0 saturated heterocycles. The van der Waals surface area contributed by atoms with E-state index in [9.17, 15) is 4.79 Å². The molecule has 1 aromatic rings. The summed E-state index contributed by atoms with van der Waals surface area (Å²) >= 11 is 0. The Balaban J connectivity index is 2.00. The first-order chi connectivity index (χ1) is 8.57. The van der Waals surface area contributed by atoms with Crippen LogP contribution in [0, 0.1) is 0 Å². The molecule has 0 aromatic heterocycles. The van der Waals surface area contributed by atoms with Crippen LogP contribution in [0.25, 0.3) is 0 Å². The standard InChI is InChI=1S/C14H20N2O2/c1-16(2)13(17)15-10-14(8-9-14)11-4-6-12(18-3)7-5-11/h4-7H,8-10H2,1-3H3,(H,15,17). The van der Waals surface area contributed by atoms with E-state index in [0.29, 0.717) is 6.54 Å². The van der Waals surface area contributed by atoms with Gasteiger partial charge in [0.25, 0.3) is 0 Å². The molecule has 1 N–H and O–H groups in total. The third-order valence-corrected chi connectivity index (χ3v) is 3.54. The average molecular weight is 248 g/mol. The van der Waals surface area contributed by atoms with Crippen molar-refractivity contribution < 1.29 is 9.53 Å². The molecule has 1 aromatic carbocycles. The van der Waals surface area contributed by atoms with Crippen LogP contribution in [0.2, 0.25) is 0 Å². The van der Waals surface area contributed by atoms with Crippen molar-refractivity contribution >= 4 is 6.03 Å². The maximum Gasteiger partial charge on any atom is 0.316 e. The second-order valence-electron chi connectivity index (χ2n) is 5.06. The molecule has 1 aliphatic rings. The van der Waals surface area contributed by atoms with Gasteiger partial charge in [0.05, 0.1) is 7.11 Å². The van der Waals surface area contributed by atoms with Gasteiger partial charge in [-0.3, -0.25) is 0 Å². The van der Waals surface area contributed by atoms with Crippen LogP contribution < -0.4 is 10.1 Å². The van der Waals surface area contributed by atoms with Crippen LogP contribution in [0.3, 0.4) is 0 Å². The number of rotatable bonds is 4. The van der Waals surface area contributed by atoms with Crippen LogP contribution in [0.1, 0.15) is 18.4 Å². The van der Waals surface area contributed by atoms with E-state index >= 15 is 0 Å². The lowest BCUT2D eigenvalue weighted by Gasteiger charge is -2.19. The molecule has 0 aliphatic heterocycles. The molecule has 1 saturated carbocycles. The number of benzene rings is 1. The number of urea groups is 1. The fourth-order valence-electron chi connectivity index (χ4n) is 2.07. The molecule has 0 radical (unpaired) electrons. The van der Waals surface area contributed by atoms with Crippen molar-refractivity contribution in [2.75, 3.05) is 27.7 Å². The summed E-state index contributed by atoms with van der Waals surface area (Å²) in [6, 6.07) is 8.10. The number of nitrogens with zero attached hydrogens (tertiary/aromatic N) is 1. The minimum Gasteiger partial charge on any atom is -0.497 e. The molecule has 4 nitrogen and oxygen atoms in total. The Labute approximate surface area is 108 Å². The molecule has 98 valence electrons. The van der Waals surface area contributed by atoms with E-state index in [0.717, 1.165) is 18.6 Å². The molecular weight excluding hydrogens is 228 g/mol. The van der Waals surface area contributed by atoms with Crippen LogP contribution in [0.4, 0.5) is 4.79 Å². The number of carbonyl (C=O) groups is 1. The quantitative estimate of drug-likeness (QED) is 0.885. The number of carbonyl (C=O) groups excluding carboxylic acids is 1. The molecule has 0 heterocycles. The van der Waals surface area contributed by atoms with Gasteiger partial charge in [-0.15, -0.1) is 0 Å². The van der Waals surface area contributed by atoms with Crippen molar-refractivity contribution in [3.8, 4) is 5.75 Å². The highest BCUT2D eigenvalue weighted by molar-refractivity contribution is 5.73. The van der Waals surface area contributed by atoms with Crippen LogP contribution in [0.15, 0.2) is 24.3 Å². The van der Waals surface area contributed by atoms with Crippen LogP contribution in [-0.4, -0.2) is 38.7 Å². The number of hydrogen-bond acceptors (Lipinski definition) is 2. The van der Waals surface area contributed by atoms with E-state index in [1.165, 1.54) is 5.56 Å². The van der Waals surface area contributed by atoms with Gasteiger partial charge < -0.3 is 15.0 Å². The summed E-state index contributed by atoms with van der Waals surface area (Å²) in [4.78, 5) is 13.1. The minimum atomic E-state index is -0.0326. The fourth-order valence-corrected chi connectivity index (χ4v) is 2.07. The maximum absolute atomic E-state index is 11.5. The number of ether oxygens (including phenoxy) is 1. The average Bonchev–Trinajstić information content (AvgIpc) is 3.17. The molecule has 2 rings (SSSR count). The zero-order chi connectivity index (χ0) is 13.2. The van der Waals surface area contributed by atoms with E-state index in [4.69, 9.17) is 4.74 Å². The van der Waals surface area contributed by atoms with Gasteiger partial charge in [-0.2, -0.15) is 0 Å². The van der Waals surface area contributed by atoms with Gasteiger partial charge >= 0.3 is 6.03 Å². The lowest BCUT2D eigenvalue weighted by atomic mass is 9.96. The van der Waals surface area contributed by atoms with Crippen molar-refractivity contribution in [2.45, 2.75) is 18.3 Å². The molecule has 1 fully saturated rings. The topological polar surface area (TPSA) is 41.6 Å². The largest absolute Gasteiger partial charge is 0.497 e. The molecule has 18 heavy (non-hydrogen) atoms. The highest BCUT2D eigenvalue weighted by Gasteiger charge is 2.44. The van der Waals surface area contributed by atoms with Crippen LogP contribution in [0.5, 0.6) is 5.75 Å². The Hall–Kier alpha value is -1.71. The summed E-state index contributed by atoms with van der Waals surface area (Å²) in [7, 11) is 5.17. The van der Waals surface area contributed by atoms with Crippen molar-refractivity contribution in [2.24, 2.45) is 0 Å². The Morgan fingerprint density at radius 3 is 2.39 bits per heavy atom. The summed E-state index contributed by atoms with van der Waals surface area (Å²) in [6.45, 7) is 0.705. The molecule has 4 heteroatoms. The highest BCUT2D eigenvalue weighted by atomic mass is 16.5. The monoisotopic (exact) mass is 248 g/mol. The van der Waals surface area contributed by atoms with Gasteiger partial charge in [0.15, 0.2) is 0 Å². The molecule has 2 amide bonds. The first-order valence-electron chi connectivity index (χ1n) is 6.17. The summed E-state index contributed by atoms with van der Waals surface area (Å²) in [5.41, 5.74) is 1.42. The van der Waals surface area contributed by atoms with Crippen molar-refractivity contribution in [3.63, 3.8) is 0 Å². The zero-order valence-corrected chi connectivity index (χ0v) is 11.2. The zero-order valence-electron chi connectivity index (χ0n) is 11.2. The van der Waals surface area contributed by atoms with Gasteiger partial charge in [0.2, 0.25) is 0 Å². The van der Waals surface area contributed by atoms with Crippen molar-refractivity contribution in [1.82, 2.24) is 10.2 Å².